The fraction of sp³-hybridized carbons (Fsp3) is 0.286. The van der Waals surface area contributed by atoms with Crippen LogP contribution in [0.2, 0.25) is 0 Å². The van der Waals surface area contributed by atoms with Gasteiger partial charge in [-0.2, -0.15) is 5.10 Å². The van der Waals surface area contributed by atoms with Crippen LogP contribution < -0.4 is 4.74 Å². The number of H-pyrrole nitrogens is 1. The molecule has 5 nitrogen and oxygen atoms in total. The first kappa shape index (κ1) is 13.1. The molecule has 1 aromatic heterocycles. The minimum Gasteiger partial charge on any atom is -0.497 e. The fourth-order valence-electron chi connectivity index (χ4n) is 1.91. The zero-order valence-electron chi connectivity index (χ0n) is 10.7. The molecule has 1 heterocycles. The highest BCUT2D eigenvalue weighted by Gasteiger charge is 2.13. The maximum Gasteiger partial charge on any atom is 0.293 e. The highest BCUT2D eigenvalue weighted by molar-refractivity contribution is 5.38. The Morgan fingerprint density at radius 3 is 2.63 bits per heavy atom. The minimum atomic E-state index is -0.214. The number of nitrogens with zero attached hydrogens (tertiary/aromatic N) is 1. The number of aromatic amines is 1. The largest absolute Gasteiger partial charge is 0.497 e. The molecule has 0 bridgehead atoms. The highest BCUT2D eigenvalue weighted by Crippen LogP contribution is 2.15. The Balaban J connectivity index is 2.00. The van der Waals surface area contributed by atoms with Crippen molar-refractivity contribution in [2.45, 2.75) is 18.9 Å². The molecule has 0 spiro atoms. The summed E-state index contributed by atoms with van der Waals surface area (Å²) in [5.74, 6) is 0.809. The summed E-state index contributed by atoms with van der Waals surface area (Å²) in [4.78, 5) is 10.6. The summed E-state index contributed by atoms with van der Waals surface area (Å²) in [6.45, 7) is 0.487. The summed E-state index contributed by atoms with van der Waals surface area (Å²) in [5.41, 5.74) is 1.96. The smallest absolute Gasteiger partial charge is 0.293 e. The topological polar surface area (TPSA) is 64.2 Å². The molecule has 19 heavy (non-hydrogen) atoms. The van der Waals surface area contributed by atoms with E-state index in [2.05, 4.69) is 10.2 Å². The molecule has 0 amide bonds. The molecule has 1 atom stereocenters. The van der Waals surface area contributed by atoms with Crippen LogP contribution in [0.4, 0.5) is 0 Å². The van der Waals surface area contributed by atoms with Crippen molar-refractivity contribution in [3.05, 3.63) is 47.8 Å². The van der Waals surface area contributed by atoms with Gasteiger partial charge in [0, 0.05) is 19.0 Å². The van der Waals surface area contributed by atoms with Crippen molar-refractivity contribution in [2.24, 2.45) is 0 Å². The van der Waals surface area contributed by atoms with E-state index in [1.807, 2.05) is 30.3 Å². The number of carbonyl (C=O) groups excluding carboxylic acids is 1. The lowest BCUT2D eigenvalue weighted by molar-refractivity contribution is -0.133. The highest BCUT2D eigenvalue weighted by atomic mass is 16.5. The standard InChI is InChI=1S/C14H16N2O3/c1-18-13-4-2-11(3-5-13)8-14(19-10-17)9-12-6-7-15-16-12/h2-7,10,14H,8-9H2,1H3,(H,15,16). The second-order valence-corrected chi connectivity index (χ2v) is 4.18. The molecule has 5 heteroatoms. The predicted molar refractivity (Wildman–Crippen MR) is 69.9 cm³/mol. The number of hydrogen-bond donors (Lipinski definition) is 1. The second-order valence-electron chi connectivity index (χ2n) is 4.18. The van der Waals surface area contributed by atoms with E-state index in [0.717, 1.165) is 17.0 Å². The molecule has 0 aliphatic heterocycles. The zero-order valence-corrected chi connectivity index (χ0v) is 10.7. The normalized spacial score (nSPS) is 11.8. The molecule has 100 valence electrons. The first-order valence-corrected chi connectivity index (χ1v) is 6.02. The number of ether oxygens (including phenoxy) is 2. The SMILES string of the molecule is COc1ccc(CC(Cc2cc[nH]n2)OC=O)cc1. The molecule has 1 aromatic carbocycles. The van der Waals surface area contributed by atoms with Gasteiger partial charge in [0.2, 0.25) is 0 Å². The third kappa shape index (κ3) is 3.84. The summed E-state index contributed by atoms with van der Waals surface area (Å²) >= 11 is 0. The summed E-state index contributed by atoms with van der Waals surface area (Å²) in [7, 11) is 1.63. The van der Waals surface area contributed by atoms with Crippen LogP contribution in [-0.2, 0) is 22.4 Å². The lowest BCUT2D eigenvalue weighted by Crippen LogP contribution is -2.18. The molecule has 2 aromatic rings. The lowest BCUT2D eigenvalue weighted by atomic mass is 10.0. The summed E-state index contributed by atoms with van der Waals surface area (Å²) < 4.78 is 10.2. The van der Waals surface area contributed by atoms with Crippen molar-refractivity contribution < 1.29 is 14.3 Å². The Morgan fingerprint density at radius 2 is 2.05 bits per heavy atom. The molecule has 0 aliphatic rings. The van der Waals surface area contributed by atoms with Gasteiger partial charge in [0.05, 0.1) is 12.8 Å². The van der Waals surface area contributed by atoms with Crippen LogP contribution in [-0.4, -0.2) is 29.9 Å². The van der Waals surface area contributed by atoms with Gasteiger partial charge in [-0.15, -0.1) is 0 Å². The third-order valence-electron chi connectivity index (χ3n) is 2.87. The van der Waals surface area contributed by atoms with Crippen LogP contribution in [0, 0.1) is 0 Å². The minimum absolute atomic E-state index is 0.214. The lowest BCUT2D eigenvalue weighted by Gasteiger charge is -2.14. The van der Waals surface area contributed by atoms with Gasteiger partial charge in [0.15, 0.2) is 0 Å². The van der Waals surface area contributed by atoms with Gasteiger partial charge in [0.1, 0.15) is 11.9 Å². The zero-order chi connectivity index (χ0) is 13.5. The number of carbonyl (C=O) groups is 1. The Kier molecular flexibility index (Phi) is 4.55. The van der Waals surface area contributed by atoms with Crippen LogP contribution in [0.1, 0.15) is 11.3 Å². The molecule has 1 unspecified atom stereocenters. The molecule has 0 saturated heterocycles. The molecule has 0 aliphatic carbocycles. The van der Waals surface area contributed by atoms with E-state index in [1.54, 1.807) is 13.3 Å². The molecular formula is C14H16N2O3. The average molecular weight is 260 g/mol. The Bertz CT molecular complexity index is 494. The van der Waals surface area contributed by atoms with Crippen LogP contribution in [0.3, 0.4) is 0 Å². The van der Waals surface area contributed by atoms with E-state index in [-0.39, 0.29) is 6.10 Å². The number of methoxy groups -OCH3 is 1. The number of rotatable bonds is 7. The van der Waals surface area contributed by atoms with E-state index in [0.29, 0.717) is 19.3 Å². The van der Waals surface area contributed by atoms with Crippen LogP contribution in [0.15, 0.2) is 36.5 Å². The summed E-state index contributed by atoms with van der Waals surface area (Å²) in [6, 6.07) is 9.58. The van der Waals surface area contributed by atoms with Crippen molar-refractivity contribution >= 4 is 6.47 Å². The maximum absolute atomic E-state index is 10.6. The van der Waals surface area contributed by atoms with Gasteiger partial charge in [-0.25, -0.2) is 0 Å². The van der Waals surface area contributed by atoms with Crippen LogP contribution in [0.5, 0.6) is 5.75 Å². The second kappa shape index (κ2) is 6.58. The Hall–Kier alpha value is -2.30. The Morgan fingerprint density at radius 1 is 1.26 bits per heavy atom. The molecule has 1 N–H and O–H groups in total. The van der Waals surface area contributed by atoms with Gasteiger partial charge in [-0.1, -0.05) is 12.1 Å². The predicted octanol–water partition coefficient (Wildman–Crippen LogP) is 1.75. The van der Waals surface area contributed by atoms with Gasteiger partial charge in [-0.05, 0) is 23.8 Å². The molecular weight excluding hydrogens is 244 g/mol. The van der Waals surface area contributed by atoms with Crippen molar-refractivity contribution in [3.63, 3.8) is 0 Å². The average Bonchev–Trinajstić information content (AvgIpc) is 2.93. The van der Waals surface area contributed by atoms with Crippen molar-refractivity contribution in [3.8, 4) is 5.75 Å². The monoisotopic (exact) mass is 260 g/mol. The van der Waals surface area contributed by atoms with E-state index in [9.17, 15) is 4.79 Å². The molecule has 2 rings (SSSR count). The quantitative estimate of drug-likeness (QED) is 0.770. The molecule has 0 fully saturated rings. The van der Waals surface area contributed by atoms with E-state index in [4.69, 9.17) is 9.47 Å². The van der Waals surface area contributed by atoms with Crippen LogP contribution in [0.25, 0.3) is 0 Å². The first-order chi connectivity index (χ1) is 9.31. The van der Waals surface area contributed by atoms with Gasteiger partial charge in [0.25, 0.3) is 6.47 Å². The summed E-state index contributed by atoms with van der Waals surface area (Å²) in [5, 5.41) is 6.81. The van der Waals surface area contributed by atoms with Crippen LogP contribution >= 0.6 is 0 Å². The van der Waals surface area contributed by atoms with Crippen molar-refractivity contribution in [1.29, 1.82) is 0 Å². The number of benzene rings is 1. The van der Waals surface area contributed by atoms with Gasteiger partial charge < -0.3 is 9.47 Å². The van der Waals surface area contributed by atoms with E-state index < -0.39 is 0 Å². The van der Waals surface area contributed by atoms with Crippen molar-refractivity contribution in [1.82, 2.24) is 10.2 Å². The number of hydrogen-bond acceptors (Lipinski definition) is 4. The van der Waals surface area contributed by atoms with E-state index >= 15 is 0 Å². The third-order valence-corrected chi connectivity index (χ3v) is 2.87. The van der Waals surface area contributed by atoms with Gasteiger partial charge in [-0.3, -0.25) is 9.89 Å². The molecule has 0 saturated carbocycles. The first-order valence-electron chi connectivity index (χ1n) is 6.02. The van der Waals surface area contributed by atoms with Crippen molar-refractivity contribution in [2.75, 3.05) is 7.11 Å². The fourth-order valence-corrected chi connectivity index (χ4v) is 1.91. The molecule has 0 radical (unpaired) electrons. The Labute approximate surface area is 111 Å². The number of aromatic nitrogens is 2. The summed E-state index contributed by atoms with van der Waals surface area (Å²) in [6.07, 6.45) is 2.78. The van der Waals surface area contributed by atoms with E-state index in [1.165, 1.54) is 0 Å². The number of nitrogens with one attached hydrogen (secondary N) is 1. The van der Waals surface area contributed by atoms with Gasteiger partial charge >= 0.3 is 0 Å². The maximum atomic E-state index is 10.6.